The van der Waals surface area contributed by atoms with Crippen LogP contribution in [0.25, 0.3) is 21.7 Å². The van der Waals surface area contributed by atoms with Crippen LogP contribution in [0.1, 0.15) is 15.9 Å². The zero-order valence-electron chi connectivity index (χ0n) is 15.2. The van der Waals surface area contributed by atoms with Gasteiger partial charge < -0.3 is 11.1 Å². The third-order valence-corrected chi connectivity index (χ3v) is 5.20. The number of anilines is 2. The molecule has 1 amide bonds. The summed E-state index contributed by atoms with van der Waals surface area (Å²) in [5, 5.41) is 3.34. The van der Waals surface area contributed by atoms with Crippen LogP contribution < -0.4 is 11.1 Å². The molecule has 4 aromatic rings. The van der Waals surface area contributed by atoms with E-state index in [0.29, 0.717) is 16.5 Å². The largest absolute Gasteiger partial charge is 0.375 e. The van der Waals surface area contributed by atoms with Gasteiger partial charge in [-0.1, -0.05) is 59.4 Å². The van der Waals surface area contributed by atoms with E-state index in [4.69, 9.17) is 5.73 Å². The van der Waals surface area contributed by atoms with E-state index in [1.807, 2.05) is 61.5 Å². The number of thiazole rings is 1. The molecule has 5 nitrogen and oxygen atoms in total. The number of nitrogens with two attached hydrogens (primary N) is 1. The number of pyridine rings is 1. The first kappa shape index (κ1) is 17.9. The summed E-state index contributed by atoms with van der Waals surface area (Å²) in [6.45, 7) is 2.05. The zero-order valence-corrected chi connectivity index (χ0v) is 16.0. The van der Waals surface area contributed by atoms with Crippen molar-refractivity contribution in [3.05, 3.63) is 84.1 Å². The molecule has 0 radical (unpaired) electrons. The van der Waals surface area contributed by atoms with Crippen LogP contribution in [0.5, 0.6) is 0 Å². The van der Waals surface area contributed by atoms with Crippen LogP contribution in [0.15, 0.2) is 72.9 Å². The number of benzene rings is 2. The first-order valence-corrected chi connectivity index (χ1v) is 9.58. The van der Waals surface area contributed by atoms with Gasteiger partial charge in [0.1, 0.15) is 5.82 Å². The maximum absolute atomic E-state index is 12.4. The van der Waals surface area contributed by atoms with Crippen LogP contribution in [0.2, 0.25) is 0 Å². The molecule has 0 bridgehead atoms. The lowest BCUT2D eigenvalue weighted by Crippen LogP contribution is -2.12. The van der Waals surface area contributed by atoms with Crippen molar-refractivity contribution in [1.82, 2.24) is 9.97 Å². The van der Waals surface area contributed by atoms with Gasteiger partial charge in [0.15, 0.2) is 5.13 Å². The Bertz CT molecular complexity index is 1120. The topological polar surface area (TPSA) is 80.9 Å². The smallest absolute Gasteiger partial charge is 0.256 e. The number of nitrogens with one attached hydrogen (secondary N) is 1. The number of carbonyl (C=O) groups is 1. The number of aromatic nitrogens is 2. The highest BCUT2D eigenvalue weighted by Gasteiger charge is 2.15. The number of nitrogens with zero attached hydrogens (tertiary/aromatic N) is 2. The molecule has 0 aliphatic carbocycles. The number of carbonyl (C=O) groups excluding carboxylic acids is 1. The molecule has 0 atom stereocenters. The van der Waals surface area contributed by atoms with E-state index >= 15 is 0 Å². The Hall–Kier alpha value is -3.51. The molecular formula is C22H18N4OS. The van der Waals surface area contributed by atoms with Gasteiger partial charge in [-0.3, -0.25) is 4.79 Å². The predicted molar refractivity (Wildman–Crippen MR) is 114 cm³/mol. The molecule has 0 spiro atoms. The number of aryl methyl sites for hydroxylation is 1. The number of amides is 1. The SMILES string of the molecule is Cc1ccc(-c2nc(N)sc2-c2ccnc(NC(=O)c3ccccc3)c2)cc1. The highest BCUT2D eigenvalue weighted by Crippen LogP contribution is 2.38. The van der Waals surface area contributed by atoms with Gasteiger partial charge >= 0.3 is 0 Å². The minimum atomic E-state index is -0.201. The molecule has 3 N–H and O–H groups in total. The Balaban J connectivity index is 1.67. The third kappa shape index (κ3) is 3.77. The molecule has 28 heavy (non-hydrogen) atoms. The highest BCUT2D eigenvalue weighted by molar-refractivity contribution is 7.19. The molecule has 2 aromatic heterocycles. The summed E-state index contributed by atoms with van der Waals surface area (Å²) >= 11 is 1.42. The van der Waals surface area contributed by atoms with E-state index in [2.05, 4.69) is 15.3 Å². The van der Waals surface area contributed by atoms with Crippen LogP contribution in [-0.4, -0.2) is 15.9 Å². The summed E-state index contributed by atoms with van der Waals surface area (Å²) in [6, 6.07) is 20.9. The molecule has 0 unspecified atom stereocenters. The Morgan fingerprint density at radius 3 is 2.50 bits per heavy atom. The van der Waals surface area contributed by atoms with Gasteiger partial charge in [0.25, 0.3) is 5.91 Å². The third-order valence-electron chi connectivity index (χ3n) is 4.27. The summed E-state index contributed by atoms with van der Waals surface area (Å²) in [4.78, 5) is 22.1. The second-order valence-electron chi connectivity index (χ2n) is 6.35. The van der Waals surface area contributed by atoms with Crippen LogP contribution in [0, 0.1) is 6.92 Å². The van der Waals surface area contributed by atoms with Crippen molar-refractivity contribution < 1.29 is 4.79 Å². The summed E-state index contributed by atoms with van der Waals surface area (Å²) in [7, 11) is 0. The fraction of sp³-hybridized carbons (Fsp3) is 0.0455. The van der Waals surface area contributed by atoms with Gasteiger partial charge in [0.05, 0.1) is 10.6 Å². The van der Waals surface area contributed by atoms with Gasteiger partial charge in [-0.25, -0.2) is 9.97 Å². The van der Waals surface area contributed by atoms with Crippen LogP contribution in [0.4, 0.5) is 10.9 Å². The maximum atomic E-state index is 12.4. The van der Waals surface area contributed by atoms with Crippen molar-refractivity contribution in [2.75, 3.05) is 11.1 Å². The highest BCUT2D eigenvalue weighted by atomic mass is 32.1. The second-order valence-corrected chi connectivity index (χ2v) is 7.38. The standard InChI is InChI=1S/C22H18N4OS/c1-14-7-9-15(10-8-14)19-20(28-22(23)26-19)17-11-12-24-18(13-17)25-21(27)16-5-3-2-4-6-16/h2-13H,1H3,(H2,23,26)(H,24,25,27). The minimum Gasteiger partial charge on any atom is -0.375 e. The van der Waals surface area contributed by atoms with E-state index in [0.717, 1.165) is 21.7 Å². The Labute approximate surface area is 166 Å². The molecule has 0 aliphatic rings. The van der Waals surface area contributed by atoms with Crippen molar-refractivity contribution >= 4 is 28.2 Å². The van der Waals surface area contributed by atoms with Crippen LogP contribution in [0.3, 0.4) is 0 Å². The maximum Gasteiger partial charge on any atom is 0.256 e. The van der Waals surface area contributed by atoms with E-state index < -0.39 is 0 Å². The molecular weight excluding hydrogens is 368 g/mol. The van der Waals surface area contributed by atoms with Crippen molar-refractivity contribution in [3.8, 4) is 21.7 Å². The van der Waals surface area contributed by atoms with E-state index in [-0.39, 0.29) is 5.91 Å². The molecule has 0 fully saturated rings. The number of hydrogen-bond acceptors (Lipinski definition) is 5. The van der Waals surface area contributed by atoms with Gasteiger partial charge in [-0.15, -0.1) is 0 Å². The summed E-state index contributed by atoms with van der Waals surface area (Å²) < 4.78 is 0. The lowest BCUT2D eigenvalue weighted by molar-refractivity contribution is 0.102. The predicted octanol–water partition coefficient (Wildman–Crippen LogP) is 5.02. The fourth-order valence-electron chi connectivity index (χ4n) is 2.86. The van der Waals surface area contributed by atoms with Gasteiger partial charge in [0.2, 0.25) is 0 Å². The van der Waals surface area contributed by atoms with E-state index in [1.165, 1.54) is 16.9 Å². The average Bonchev–Trinajstić information content (AvgIpc) is 3.11. The van der Waals surface area contributed by atoms with E-state index in [9.17, 15) is 4.79 Å². The number of hydrogen-bond donors (Lipinski definition) is 2. The Morgan fingerprint density at radius 2 is 1.75 bits per heavy atom. The number of nitrogen functional groups attached to an aromatic ring is 1. The fourth-order valence-corrected chi connectivity index (χ4v) is 3.71. The van der Waals surface area contributed by atoms with Crippen molar-refractivity contribution in [1.29, 1.82) is 0 Å². The first-order chi connectivity index (χ1) is 13.6. The monoisotopic (exact) mass is 386 g/mol. The zero-order chi connectivity index (χ0) is 19.5. The molecule has 4 rings (SSSR count). The average molecular weight is 386 g/mol. The lowest BCUT2D eigenvalue weighted by atomic mass is 10.1. The second kappa shape index (κ2) is 7.62. The van der Waals surface area contributed by atoms with Crippen LogP contribution in [-0.2, 0) is 0 Å². The molecule has 2 aromatic carbocycles. The Morgan fingerprint density at radius 1 is 1.00 bits per heavy atom. The van der Waals surface area contributed by atoms with E-state index in [1.54, 1.807) is 18.3 Å². The minimum absolute atomic E-state index is 0.201. The quantitative estimate of drug-likeness (QED) is 0.516. The van der Waals surface area contributed by atoms with Crippen molar-refractivity contribution in [3.63, 3.8) is 0 Å². The molecule has 138 valence electrons. The van der Waals surface area contributed by atoms with Crippen LogP contribution >= 0.6 is 11.3 Å². The molecule has 0 saturated heterocycles. The molecule has 6 heteroatoms. The van der Waals surface area contributed by atoms with Gasteiger partial charge in [-0.2, -0.15) is 0 Å². The van der Waals surface area contributed by atoms with Gasteiger partial charge in [-0.05, 0) is 36.8 Å². The van der Waals surface area contributed by atoms with Gasteiger partial charge in [0, 0.05) is 17.3 Å². The first-order valence-electron chi connectivity index (χ1n) is 8.76. The normalized spacial score (nSPS) is 10.6. The lowest BCUT2D eigenvalue weighted by Gasteiger charge is -2.07. The molecule has 2 heterocycles. The molecule has 0 saturated carbocycles. The Kier molecular flexibility index (Phi) is 4.87. The summed E-state index contributed by atoms with van der Waals surface area (Å²) in [6.07, 6.45) is 1.67. The number of rotatable bonds is 4. The van der Waals surface area contributed by atoms with Crippen molar-refractivity contribution in [2.45, 2.75) is 6.92 Å². The summed E-state index contributed by atoms with van der Waals surface area (Å²) in [5.74, 6) is 0.279. The van der Waals surface area contributed by atoms with Crippen molar-refractivity contribution in [2.24, 2.45) is 0 Å². The summed E-state index contributed by atoms with van der Waals surface area (Å²) in [5.41, 5.74) is 10.5. The molecule has 0 aliphatic heterocycles.